The molecule has 0 fully saturated rings. The molecule has 12 heavy (non-hydrogen) atoms. The van der Waals surface area contributed by atoms with Crippen molar-refractivity contribution in [1.82, 2.24) is 0 Å². The number of hydrogen-bond donors (Lipinski definition) is 1. The molecule has 0 amide bonds. The largest absolute Gasteiger partial charge is 1.00 e. The Kier molecular flexibility index (Phi) is 9.78. The van der Waals surface area contributed by atoms with E-state index >= 15 is 0 Å². The van der Waals surface area contributed by atoms with Gasteiger partial charge in [-0.3, -0.25) is 14.5 Å². The predicted octanol–water partition coefficient (Wildman–Crippen LogP) is -9.99. The van der Waals surface area contributed by atoms with E-state index in [2.05, 4.69) is 10.5 Å². The number of rotatable bonds is 0. The first-order valence-corrected chi connectivity index (χ1v) is 6.87. The van der Waals surface area contributed by atoms with E-state index in [1.165, 1.54) is 11.6 Å². The number of halogens is 1. The zero-order valence-electron chi connectivity index (χ0n) is 5.97. The Bertz CT molecular complexity index is 181. The molecule has 9 heteroatoms. The van der Waals surface area contributed by atoms with Crippen LogP contribution >= 0.6 is 0 Å². The van der Waals surface area contributed by atoms with Crippen molar-refractivity contribution in [2.24, 2.45) is 4.99 Å². The Morgan fingerprint density at radius 2 is 1.92 bits per heavy atom. The van der Waals surface area contributed by atoms with E-state index in [0.717, 1.165) is 0 Å². The van der Waals surface area contributed by atoms with Crippen molar-refractivity contribution in [3.8, 4) is 0 Å². The van der Waals surface area contributed by atoms with Gasteiger partial charge in [0, 0.05) is 3.44 Å². The molecular formula is C3H3INNaO5S. The maximum Gasteiger partial charge on any atom is 1.00 e. The van der Waals surface area contributed by atoms with Crippen LogP contribution in [0.3, 0.4) is 0 Å². The van der Waals surface area contributed by atoms with Crippen LogP contribution in [0.2, 0.25) is 0 Å². The Morgan fingerprint density at radius 1 is 1.50 bits per heavy atom. The zero-order valence-corrected chi connectivity index (χ0v) is 10.9. The third kappa shape index (κ3) is 17.3. The summed E-state index contributed by atoms with van der Waals surface area (Å²) in [6, 6.07) is 0. The maximum atomic E-state index is 10.1. The van der Waals surface area contributed by atoms with Gasteiger partial charge in [0.25, 0.3) is 0 Å². The first-order valence-electron chi connectivity index (χ1n) is 2.05. The Hall–Kier alpha value is 1.13. The van der Waals surface area contributed by atoms with Crippen LogP contribution in [0.25, 0.3) is 0 Å². The van der Waals surface area contributed by atoms with Gasteiger partial charge in [-0.25, -0.2) is 0 Å². The minimum Gasteiger partial charge on any atom is -0.449 e. The second-order valence-electron chi connectivity index (χ2n) is 1.20. The molecule has 1 N–H and O–H groups in total. The van der Waals surface area contributed by atoms with Gasteiger partial charge in [0.1, 0.15) is 0 Å². The van der Waals surface area contributed by atoms with Gasteiger partial charge in [0.05, 0.1) is 0 Å². The minimum absolute atomic E-state index is 0. The molecule has 0 saturated carbocycles. The molecule has 1 atom stereocenters. The fourth-order valence-electron chi connectivity index (χ4n) is 0.199. The maximum absolute atomic E-state index is 10.1. The summed E-state index contributed by atoms with van der Waals surface area (Å²) in [4.78, 5) is 3.43. The molecule has 1 aliphatic heterocycles. The van der Waals surface area contributed by atoms with Crippen molar-refractivity contribution in [3.05, 3.63) is 11.6 Å². The first-order chi connectivity index (χ1) is 4.89. The van der Waals surface area contributed by atoms with Gasteiger partial charge in [-0.1, -0.05) is 11.0 Å². The molecule has 0 radical (unpaired) electrons. The molecule has 1 heterocycles. The van der Waals surface area contributed by atoms with Crippen molar-refractivity contribution in [3.63, 3.8) is 0 Å². The summed E-state index contributed by atoms with van der Waals surface area (Å²) in [7, 11) is -1.02. The van der Waals surface area contributed by atoms with E-state index in [9.17, 15) is 4.21 Å². The van der Waals surface area contributed by atoms with Crippen molar-refractivity contribution in [2.45, 2.75) is 0 Å². The summed E-state index contributed by atoms with van der Waals surface area (Å²) in [6.45, 7) is 0. The van der Waals surface area contributed by atoms with Crippen LogP contribution < -0.4 is 60.0 Å². The van der Waals surface area contributed by atoms with Crippen LogP contribution in [0.4, 0.5) is 0 Å². The van der Waals surface area contributed by atoms with Crippen molar-refractivity contribution < 1.29 is 67.6 Å². The van der Waals surface area contributed by atoms with Gasteiger partial charge >= 0.3 is 49.7 Å². The molecule has 0 aromatic carbocycles. The topological polar surface area (TPSA) is 119 Å². The quantitative estimate of drug-likeness (QED) is 0.270. The summed E-state index contributed by atoms with van der Waals surface area (Å²) in [6.07, 6.45) is 1.47. The van der Waals surface area contributed by atoms with Gasteiger partial charge in [0.2, 0.25) is 0 Å². The van der Waals surface area contributed by atoms with Crippen LogP contribution in [0, 0.1) is 0 Å². The molecular weight excluding hydrogens is 312 g/mol. The summed E-state index contributed by atoms with van der Waals surface area (Å²) >= 11 is -5.69. The summed E-state index contributed by atoms with van der Waals surface area (Å²) in [5.74, 6) is 0. The van der Waals surface area contributed by atoms with Gasteiger partial charge in [-0.05, 0) is 10.8 Å². The monoisotopic (exact) mass is 315 g/mol. The predicted molar refractivity (Wildman–Crippen MR) is 26.9 cm³/mol. The Balaban J connectivity index is 0. The van der Waals surface area contributed by atoms with Gasteiger partial charge in [-0.2, -0.15) is 0 Å². The SMILES string of the molecule is O=S1[C-]=NC=C1.[Na+].[O-][I+3]([O-])([O-])O. The molecule has 6 nitrogen and oxygen atoms in total. The van der Waals surface area contributed by atoms with Gasteiger partial charge < -0.3 is 4.99 Å². The number of hydrogen-bond acceptors (Lipinski definition) is 6. The van der Waals surface area contributed by atoms with Gasteiger partial charge in [-0.15, -0.1) is 6.20 Å². The molecule has 0 aromatic heterocycles. The average molecular weight is 315 g/mol. The van der Waals surface area contributed by atoms with E-state index in [-0.39, 0.29) is 29.6 Å². The van der Waals surface area contributed by atoms with Gasteiger partial charge in [0.15, 0.2) is 0 Å². The molecule has 0 aliphatic carbocycles. The Morgan fingerprint density at radius 3 is 2.00 bits per heavy atom. The van der Waals surface area contributed by atoms with Crippen LogP contribution in [0.1, 0.15) is 0 Å². The van der Waals surface area contributed by atoms with Crippen LogP contribution in [-0.4, -0.2) is 13.2 Å². The van der Waals surface area contributed by atoms with E-state index in [1.807, 2.05) is 0 Å². The van der Waals surface area contributed by atoms with E-state index < -0.39 is 30.9 Å². The molecule has 0 bridgehead atoms. The molecule has 0 spiro atoms. The van der Waals surface area contributed by atoms with E-state index in [1.54, 1.807) is 0 Å². The normalized spacial score (nSPS) is 19.5. The summed E-state index contributed by atoms with van der Waals surface area (Å²) in [5.41, 5.74) is 2.31. The second-order valence-corrected chi connectivity index (χ2v) is 4.51. The standard InChI is InChI=1S/C3H2NOS.HIO4.Na/c5-6-2-1-4-3-6;2-1(3,4)5;/h1-2H;2H;/q-1;;+1. The van der Waals surface area contributed by atoms with Crippen molar-refractivity contribution >= 4 is 16.3 Å². The van der Waals surface area contributed by atoms with E-state index in [0.29, 0.717) is 0 Å². The van der Waals surface area contributed by atoms with Crippen LogP contribution in [0.5, 0.6) is 0 Å². The number of aliphatic imine (C=N–C) groups is 1. The summed E-state index contributed by atoms with van der Waals surface area (Å²) < 4.78 is 43.3. The van der Waals surface area contributed by atoms with Crippen molar-refractivity contribution in [2.75, 3.05) is 0 Å². The fraction of sp³-hybridized carbons (Fsp3) is 0. The van der Waals surface area contributed by atoms with Crippen LogP contribution in [-0.2, 0) is 10.8 Å². The van der Waals surface area contributed by atoms with Crippen LogP contribution in [0.15, 0.2) is 16.6 Å². The smallest absolute Gasteiger partial charge is 0.449 e. The molecule has 1 aliphatic rings. The number of nitrogens with zero attached hydrogens (tertiary/aromatic N) is 1. The zero-order chi connectivity index (χ0) is 8.91. The molecule has 1 unspecified atom stereocenters. The molecule has 0 aromatic rings. The van der Waals surface area contributed by atoms with Crippen molar-refractivity contribution in [1.29, 1.82) is 0 Å². The van der Waals surface area contributed by atoms with E-state index in [4.69, 9.17) is 13.7 Å². The molecule has 0 saturated heterocycles. The summed E-state index contributed by atoms with van der Waals surface area (Å²) in [5, 5.41) is 1.47. The second kappa shape index (κ2) is 7.53. The molecule has 1 rings (SSSR count). The Labute approximate surface area is 99.5 Å². The first kappa shape index (κ1) is 15.6. The average Bonchev–Trinajstić information content (AvgIpc) is 2.12. The minimum atomic E-state index is -5.69. The third-order valence-electron chi connectivity index (χ3n) is 0.402. The third-order valence-corrected chi connectivity index (χ3v) is 1.06. The fourth-order valence-corrected chi connectivity index (χ4v) is 0.596. The molecule has 64 valence electrons.